The first kappa shape index (κ1) is 23.6. The van der Waals surface area contributed by atoms with E-state index in [9.17, 15) is 9.18 Å². The normalized spacial score (nSPS) is 11.7. The van der Waals surface area contributed by atoms with Crippen LogP contribution in [0.4, 0.5) is 10.1 Å². The molecule has 0 aliphatic heterocycles. The van der Waals surface area contributed by atoms with Crippen LogP contribution in [0.2, 0.25) is 0 Å². The van der Waals surface area contributed by atoms with E-state index in [0.717, 1.165) is 4.68 Å². The van der Waals surface area contributed by atoms with Gasteiger partial charge >= 0.3 is 5.69 Å². The van der Waals surface area contributed by atoms with Gasteiger partial charge in [-0.25, -0.2) is 19.2 Å². The highest BCUT2D eigenvalue weighted by Gasteiger charge is 2.24. The number of anilines is 1. The van der Waals surface area contributed by atoms with Crippen molar-refractivity contribution < 1.29 is 13.9 Å². The third kappa shape index (κ3) is 5.01. The van der Waals surface area contributed by atoms with Gasteiger partial charge < -0.3 is 20.5 Å². The predicted molar refractivity (Wildman–Crippen MR) is 126 cm³/mol. The van der Waals surface area contributed by atoms with Crippen molar-refractivity contribution in [2.45, 2.75) is 12.6 Å². The van der Waals surface area contributed by atoms with Crippen LogP contribution in [0.3, 0.4) is 0 Å². The van der Waals surface area contributed by atoms with Crippen LogP contribution < -0.4 is 21.5 Å². The van der Waals surface area contributed by atoms with Crippen molar-refractivity contribution in [3.05, 3.63) is 93.7 Å². The molecule has 0 fully saturated rings. The summed E-state index contributed by atoms with van der Waals surface area (Å²) in [5, 5.41) is 15.3. The molecule has 12 heteroatoms. The van der Waals surface area contributed by atoms with Crippen LogP contribution in [0, 0.1) is 11.2 Å². The summed E-state index contributed by atoms with van der Waals surface area (Å²) in [7, 11) is 2.83. The van der Waals surface area contributed by atoms with Gasteiger partial charge in [-0.05, 0) is 48.0 Å². The molecule has 0 amide bonds. The van der Waals surface area contributed by atoms with Gasteiger partial charge in [-0.3, -0.25) is 10.4 Å². The monoisotopic (exact) mass is 478 g/mol. The van der Waals surface area contributed by atoms with E-state index in [2.05, 4.69) is 25.4 Å². The Morgan fingerprint density at radius 3 is 2.57 bits per heavy atom. The lowest BCUT2D eigenvalue weighted by molar-refractivity contribution is 0.180. The Hall–Kier alpha value is -4.58. The van der Waals surface area contributed by atoms with Gasteiger partial charge in [0, 0.05) is 36.3 Å². The average Bonchev–Trinajstić information content (AvgIpc) is 3.26. The molecule has 0 unspecified atom stereocenters. The number of nitrogens with zero attached hydrogens (tertiary/aromatic N) is 4. The molecule has 35 heavy (non-hydrogen) atoms. The molecule has 2 aromatic carbocycles. The summed E-state index contributed by atoms with van der Waals surface area (Å²) in [4.78, 5) is 23.6. The standard InChI is InChI=1S/C23H23FN8O3/c1-34-12-15-10-14(11-17(35-2)18(15)24)19(29-16-6-4-13(5-7-16)20(25)26)21-30-23(33)32(31-21)22-27-8-3-9-28-22/h3-11,19,29H,12H2,1-2H3,(H3,25,26)(H,30,31,33)/t19-/m0/s1. The number of aromatic nitrogens is 5. The van der Waals surface area contributed by atoms with Crippen molar-refractivity contribution in [3.63, 3.8) is 0 Å². The van der Waals surface area contributed by atoms with E-state index in [0.29, 0.717) is 16.8 Å². The largest absolute Gasteiger partial charge is 0.494 e. The summed E-state index contributed by atoms with van der Waals surface area (Å²) in [6.07, 6.45) is 2.99. The van der Waals surface area contributed by atoms with Gasteiger partial charge in [0.2, 0.25) is 0 Å². The Bertz CT molecular complexity index is 1390. The second-order valence-electron chi connectivity index (χ2n) is 7.47. The van der Waals surface area contributed by atoms with Crippen molar-refractivity contribution in [2.75, 3.05) is 19.5 Å². The maximum Gasteiger partial charge on any atom is 0.350 e. The lowest BCUT2D eigenvalue weighted by Gasteiger charge is -2.20. The predicted octanol–water partition coefficient (Wildman–Crippen LogP) is 2.13. The number of aromatic amines is 1. The molecule has 1 atom stereocenters. The molecule has 0 radical (unpaired) electrons. The van der Waals surface area contributed by atoms with Crippen molar-refractivity contribution in [1.29, 1.82) is 5.41 Å². The molecular formula is C23H23FN8O3. The lowest BCUT2D eigenvalue weighted by Crippen LogP contribution is -2.18. The van der Waals surface area contributed by atoms with E-state index < -0.39 is 17.5 Å². The van der Waals surface area contributed by atoms with E-state index >= 15 is 0 Å². The van der Waals surface area contributed by atoms with Gasteiger partial charge in [0.05, 0.1) is 13.7 Å². The lowest BCUT2D eigenvalue weighted by atomic mass is 10.0. The minimum absolute atomic E-state index is 0.0128. The highest BCUT2D eigenvalue weighted by Crippen LogP contribution is 2.31. The first-order valence-corrected chi connectivity index (χ1v) is 10.4. The number of methoxy groups -OCH3 is 2. The van der Waals surface area contributed by atoms with Crippen LogP contribution in [0.25, 0.3) is 5.95 Å². The third-order valence-electron chi connectivity index (χ3n) is 5.15. The molecule has 5 N–H and O–H groups in total. The summed E-state index contributed by atoms with van der Waals surface area (Å²) >= 11 is 0. The smallest absolute Gasteiger partial charge is 0.350 e. The Balaban J connectivity index is 1.83. The molecule has 11 nitrogen and oxygen atoms in total. The SMILES string of the molecule is COCc1cc([C@H](Nc2ccc(C(=N)N)cc2)c2nn(-c3ncccn3)c(=O)[nH]2)cc(OC)c1F. The highest BCUT2D eigenvalue weighted by molar-refractivity contribution is 5.95. The molecule has 0 aliphatic carbocycles. The molecular weight excluding hydrogens is 455 g/mol. The van der Waals surface area contributed by atoms with Gasteiger partial charge in [-0.15, -0.1) is 9.78 Å². The number of hydrogen-bond donors (Lipinski definition) is 4. The summed E-state index contributed by atoms with van der Waals surface area (Å²) in [5.41, 5.74) is 7.03. The van der Waals surface area contributed by atoms with E-state index in [1.807, 2.05) is 0 Å². The molecule has 0 saturated heterocycles. The van der Waals surface area contributed by atoms with Gasteiger partial charge in [0.1, 0.15) is 11.9 Å². The van der Waals surface area contributed by atoms with Gasteiger partial charge in [0.25, 0.3) is 5.95 Å². The van der Waals surface area contributed by atoms with E-state index in [1.54, 1.807) is 36.4 Å². The minimum Gasteiger partial charge on any atom is -0.494 e. The summed E-state index contributed by atoms with van der Waals surface area (Å²) in [6, 6.07) is 10.9. The fraction of sp³-hybridized carbons (Fsp3) is 0.174. The van der Waals surface area contributed by atoms with Crippen LogP contribution in [0.1, 0.15) is 28.6 Å². The van der Waals surface area contributed by atoms with Crippen LogP contribution in [-0.2, 0) is 11.3 Å². The molecule has 2 heterocycles. The van der Waals surface area contributed by atoms with Crippen molar-refractivity contribution in [1.82, 2.24) is 24.7 Å². The number of H-pyrrole nitrogens is 1. The molecule has 4 aromatic rings. The first-order chi connectivity index (χ1) is 16.9. The van der Waals surface area contributed by atoms with E-state index in [-0.39, 0.29) is 35.5 Å². The summed E-state index contributed by atoms with van der Waals surface area (Å²) in [6.45, 7) is 0.0128. The zero-order valence-corrected chi connectivity index (χ0v) is 18.9. The maximum absolute atomic E-state index is 14.8. The van der Waals surface area contributed by atoms with Crippen molar-refractivity contribution >= 4 is 11.5 Å². The molecule has 0 spiro atoms. The van der Waals surface area contributed by atoms with Crippen LogP contribution >= 0.6 is 0 Å². The first-order valence-electron chi connectivity index (χ1n) is 10.4. The Morgan fingerprint density at radius 1 is 1.23 bits per heavy atom. The number of nitrogens with two attached hydrogens (primary N) is 1. The quantitative estimate of drug-likeness (QED) is 0.210. The average molecular weight is 478 g/mol. The topological polar surface area (TPSA) is 157 Å². The molecule has 4 rings (SSSR count). The van der Waals surface area contributed by atoms with Crippen LogP contribution in [0.5, 0.6) is 5.75 Å². The molecule has 0 saturated carbocycles. The number of ether oxygens (including phenoxy) is 2. The zero-order chi connectivity index (χ0) is 24.9. The van der Waals surface area contributed by atoms with Crippen LogP contribution in [0.15, 0.2) is 59.7 Å². The van der Waals surface area contributed by atoms with Gasteiger partial charge in [0.15, 0.2) is 17.4 Å². The van der Waals surface area contributed by atoms with Crippen molar-refractivity contribution in [3.8, 4) is 11.7 Å². The Morgan fingerprint density at radius 2 is 1.94 bits per heavy atom. The number of rotatable bonds is 9. The Kier molecular flexibility index (Phi) is 6.83. The molecule has 0 bridgehead atoms. The molecule has 2 aromatic heterocycles. The van der Waals surface area contributed by atoms with Gasteiger partial charge in [-0.2, -0.15) is 0 Å². The van der Waals surface area contributed by atoms with Gasteiger partial charge in [-0.1, -0.05) is 0 Å². The molecule has 180 valence electrons. The van der Waals surface area contributed by atoms with E-state index in [4.69, 9.17) is 20.6 Å². The molecule has 0 aliphatic rings. The second-order valence-corrected chi connectivity index (χ2v) is 7.47. The van der Waals surface area contributed by atoms with Crippen LogP contribution in [-0.4, -0.2) is 44.8 Å². The number of nitrogen functional groups attached to an aromatic ring is 1. The zero-order valence-electron chi connectivity index (χ0n) is 18.9. The summed E-state index contributed by atoms with van der Waals surface area (Å²) in [5.74, 6) is -0.260. The third-order valence-corrected chi connectivity index (χ3v) is 5.15. The number of hydrogen-bond acceptors (Lipinski definition) is 8. The minimum atomic E-state index is -0.735. The highest BCUT2D eigenvalue weighted by atomic mass is 19.1. The maximum atomic E-state index is 14.8. The number of nitrogens with one attached hydrogen (secondary N) is 3. The Labute approximate surface area is 199 Å². The fourth-order valence-electron chi connectivity index (χ4n) is 3.48. The number of benzene rings is 2. The van der Waals surface area contributed by atoms with E-state index in [1.165, 1.54) is 32.7 Å². The number of halogens is 1. The summed E-state index contributed by atoms with van der Waals surface area (Å²) < 4.78 is 26.2. The fourth-order valence-corrected chi connectivity index (χ4v) is 3.48. The second kappa shape index (κ2) is 10.1. The number of amidine groups is 1. The van der Waals surface area contributed by atoms with Crippen molar-refractivity contribution in [2.24, 2.45) is 5.73 Å².